The van der Waals surface area contributed by atoms with Gasteiger partial charge in [-0.2, -0.15) is 0 Å². The molecule has 2 N–H and O–H groups in total. The van der Waals surface area contributed by atoms with Crippen molar-refractivity contribution in [3.8, 4) is 0 Å². The molecule has 2 bridgehead atoms. The molecule has 0 aromatic rings. The Kier molecular flexibility index (Phi) is 4.40. The van der Waals surface area contributed by atoms with E-state index in [0.29, 0.717) is 18.6 Å². The Hall–Kier alpha value is -0.610. The molecule has 4 nitrogen and oxygen atoms in total. The molecule has 2 heterocycles. The van der Waals surface area contributed by atoms with Crippen molar-refractivity contribution in [2.75, 3.05) is 19.7 Å². The van der Waals surface area contributed by atoms with Crippen molar-refractivity contribution in [3.63, 3.8) is 0 Å². The SMILES string of the molecule is CCCCN(CCO)C(=O)C1CC2CCC1N2. The van der Waals surface area contributed by atoms with Crippen molar-refractivity contribution in [2.45, 2.75) is 51.1 Å². The molecule has 4 heteroatoms. The molecule has 3 atom stereocenters. The summed E-state index contributed by atoms with van der Waals surface area (Å²) < 4.78 is 0. The quantitative estimate of drug-likeness (QED) is 0.720. The van der Waals surface area contributed by atoms with E-state index in [0.717, 1.165) is 32.2 Å². The van der Waals surface area contributed by atoms with Crippen molar-refractivity contribution in [1.29, 1.82) is 0 Å². The molecule has 3 unspecified atom stereocenters. The molecule has 1 amide bonds. The highest BCUT2D eigenvalue weighted by molar-refractivity contribution is 5.80. The highest BCUT2D eigenvalue weighted by atomic mass is 16.3. The van der Waals surface area contributed by atoms with Crippen LogP contribution < -0.4 is 5.32 Å². The Balaban J connectivity index is 1.91. The molecule has 2 rings (SSSR count). The van der Waals surface area contributed by atoms with Gasteiger partial charge >= 0.3 is 0 Å². The fourth-order valence-corrected chi connectivity index (χ4v) is 3.13. The van der Waals surface area contributed by atoms with Crippen molar-refractivity contribution in [1.82, 2.24) is 10.2 Å². The maximum absolute atomic E-state index is 12.4. The van der Waals surface area contributed by atoms with Gasteiger partial charge in [0, 0.05) is 25.2 Å². The molecular formula is C13H24N2O2. The van der Waals surface area contributed by atoms with Crippen LogP contribution in [0.2, 0.25) is 0 Å². The number of aliphatic hydroxyl groups excluding tert-OH is 1. The number of hydrogen-bond donors (Lipinski definition) is 2. The second-order valence-corrected chi connectivity index (χ2v) is 5.29. The molecule has 0 aromatic heterocycles. The lowest BCUT2D eigenvalue weighted by Crippen LogP contribution is -2.42. The van der Waals surface area contributed by atoms with E-state index in [1.165, 1.54) is 6.42 Å². The van der Waals surface area contributed by atoms with Crippen LogP contribution in [0, 0.1) is 5.92 Å². The van der Waals surface area contributed by atoms with Gasteiger partial charge in [0.2, 0.25) is 5.91 Å². The van der Waals surface area contributed by atoms with Crippen LogP contribution in [0.3, 0.4) is 0 Å². The Morgan fingerprint density at radius 3 is 2.76 bits per heavy atom. The minimum Gasteiger partial charge on any atom is -0.395 e. The van der Waals surface area contributed by atoms with E-state index >= 15 is 0 Å². The zero-order valence-electron chi connectivity index (χ0n) is 10.7. The number of hydrogen-bond acceptors (Lipinski definition) is 3. The summed E-state index contributed by atoms with van der Waals surface area (Å²) in [6, 6.07) is 0.964. The summed E-state index contributed by atoms with van der Waals surface area (Å²) in [7, 11) is 0. The summed E-state index contributed by atoms with van der Waals surface area (Å²) in [4.78, 5) is 14.3. The smallest absolute Gasteiger partial charge is 0.227 e. The van der Waals surface area contributed by atoms with Crippen LogP contribution in [0.25, 0.3) is 0 Å². The van der Waals surface area contributed by atoms with Crippen LogP contribution in [0.1, 0.15) is 39.0 Å². The van der Waals surface area contributed by atoms with Crippen LogP contribution in [0.4, 0.5) is 0 Å². The normalized spacial score (nSPS) is 30.8. The Morgan fingerprint density at radius 1 is 1.41 bits per heavy atom. The van der Waals surface area contributed by atoms with Gasteiger partial charge in [0.15, 0.2) is 0 Å². The molecule has 2 fully saturated rings. The minimum absolute atomic E-state index is 0.0731. The number of nitrogens with zero attached hydrogens (tertiary/aromatic N) is 1. The second-order valence-electron chi connectivity index (χ2n) is 5.29. The molecule has 98 valence electrons. The van der Waals surface area contributed by atoms with Crippen molar-refractivity contribution < 1.29 is 9.90 Å². The number of fused-ring (bicyclic) bond motifs is 2. The molecular weight excluding hydrogens is 216 g/mol. The van der Waals surface area contributed by atoms with Crippen LogP contribution in [0.15, 0.2) is 0 Å². The third-order valence-electron chi connectivity index (χ3n) is 4.08. The van der Waals surface area contributed by atoms with E-state index in [-0.39, 0.29) is 18.4 Å². The molecule has 2 aliphatic heterocycles. The summed E-state index contributed by atoms with van der Waals surface area (Å²) in [6.07, 6.45) is 5.48. The molecule has 0 aliphatic carbocycles. The summed E-state index contributed by atoms with van der Waals surface area (Å²) in [5.41, 5.74) is 0. The fourth-order valence-electron chi connectivity index (χ4n) is 3.13. The average molecular weight is 240 g/mol. The van der Waals surface area contributed by atoms with E-state index in [1.54, 1.807) is 0 Å². The van der Waals surface area contributed by atoms with Gasteiger partial charge in [-0.15, -0.1) is 0 Å². The van der Waals surface area contributed by atoms with E-state index in [4.69, 9.17) is 5.11 Å². The summed E-state index contributed by atoms with van der Waals surface area (Å²) in [5.74, 6) is 0.421. The summed E-state index contributed by atoms with van der Waals surface area (Å²) >= 11 is 0. The minimum atomic E-state index is 0.0731. The number of carbonyl (C=O) groups is 1. The van der Waals surface area contributed by atoms with E-state index < -0.39 is 0 Å². The number of nitrogens with one attached hydrogen (secondary N) is 1. The van der Waals surface area contributed by atoms with Gasteiger partial charge in [-0.3, -0.25) is 4.79 Å². The standard InChI is InChI=1S/C13H24N2O2/c1-2-3-6-15(7-8-16)13(17)11-9-10-4-5-12(11)14-10/h10-12,14,16H,2-9H2,1H3. The summed E-state index contributed by atoms with van der Waals surface area (Å²) in [6.45, 7) is 3.49. The Bertz CT molecular complexity index is 270. The molecule has 2 saturated heterocycles. The Morgan fingerprint density at radius 2 is 2.24 bits per heavy atom. The predicted molar refractivity (Wildman–Crippen MR) is 66.6 cm³/mol. The van der Waals surface area contributed by atoms with E-state index in [2.05, 4.69) is 12.2 Å². The lowest BCUT2D eigenvalue weighted by atomic mass is 9.88. The maximum atomic E-state index is 12.4. The van der Waals surface area contributed by atoms with Gasteiger partial charge in [-0.05, 0) is 25.7 Å². The number of unbranched alkanes of at least 4 members (excludes halogenated alkanes) is 1. The van der Waals surface area contributed by atoms with Crippen LogP contribution in [0.5, 0.6) is 0 Å². The first-order chi connectivity index (χ1) is 8.26. The predicted octanol–water partition coefficient (Wildman–Crippen LogP) is 0.748. The number of carbonyl (C=O) groups excluding carboxylic acids is 1. The zero-order chi connectivity index (χ0) is 12.3. The monoisotopic (exact) mass is 240 g/mol. The third kappa shape index (κ3) is 2.80. The molecule has 0 aromatic carbocycles. The molecule has 17 heavy (non-hydrogen) atoms. The topological polar surface area (TPSA) is 52.6 Å². The third-order valence-corrected chi connectivity index (χ3v) is 4.08. The fraction of sp³-hybridized carbons (Fsp3) is 0.923. The van der Waals surface area contributed by atoms with Gasteiger partial charge in [0.1, 0.15) is 0 Å². The van der Waals surface area contributed by atoms with Crippen LogP contribution in [-0.4, -0.2) is 47.7 Å². The van der Waals surface area contributed by atoms with Gasteiger partial charge < -0.3 is 15.3 Å². The van der Waals surface area contributed by atoms with Gasteiger partial charge in [-0.25, -0.2) is 0 Å². The largest absolute Gasteiger partial charge is 0.395 e. The first-order valence-corrected chi connectivity index (χ1v) is 6.92. The maximum Gasteiger partial charge on any atom is 0.227 e. The van der Waals surface area contributed by atoms with Crippen LogP contribution in [-0.2, 0) is 4.79 Å². The molecule has 0 radical (unpaired) electrons. The Labute approximate surface area is 103 Å². The van der Waals surface area contributed by atoms with Gasteiger partial charge in [-0.1, -0.05) is 13.3 Å². The zero-order valence-corrected chi connectivity index (χ0v) is 10.7. The van der Waals surface area contributed by atoms with Crippen molar-refractivity contribution in [2.24, 2.45) is 5.92 Å². The number of amides is 1. The van der Waals surface area contributed by atoms with Crippen molar-refractivity contribution in [3.05, 3.63) is 0 Å². The number of aliphatic hydroxyl groups is 1. The molecule has 0 spiro atoms. The first kappa shape index (κ1) is 12.8. The highest BCUT2D eigenvalue weighted by Crippen LogP contribution is 2.34. The average Bonchev–Trinajstić information content (AvgIpc) is 2.95. The lowest BCUT2D eigenvalue weighted by Gasteiger charge is -2.28. The number of rotatable bonds is 6. The van der Waals surface area contributed by atoms with E-state index in [1.807, 2.05) is 4.90 Å². The highest BCUT2D eigenvalue weighted by Gasteiger charge is 2.43. The molecule has 0 saturated carbocycles. The lowest BCUT2D eigenvalue weighted by molar-refractivity contribution is -0.136. The van der Waals surface area contributed by atoms with E-state index in [9.17, 15) is 4.79 Å². The van der Waals surface area contributed by atoms with Gasteiger partial charge in [0.05, 0.1) is 12.5 Å². The second kappa shape index (κ2) is 5.83. The van der Waals surface area contributed by atoms with Crippen molar-refractivity contribution >= 4 is 5.91 Å². The summed E-state index contributed by atoms with van der Waals surface area (Å²) in [5, 5.41) is 12.6. The molecule has 2 aliphatic rings. The first-order valence-electron chi connectivity index (χ1n) is 6.92. The van der Waals surface area contributed by atoms with Crippen LogP contribution >= 0.6 is 0 Å². The van der Waals surface area contributed by atoms with Gasteiger partial charge in [0.25, 0.3) is 0 Å².